The monoisotopic (exact) mass is 528 g/mol. The molecule has 0 fully saturated rings. The molecule has 0 amide bonds. The fourth-order valence-electron chi connectivity index (χ4n) is 4.25. The van der Waals surface area contributed by atoms with Crippen LogP contribution >= 0.6 is 0 Å². The van der Waals surface area contributed by atoms with Crippen molar-refractivity contribution in [3.8, 4) is 22.6 Å². The molecule has 0 heterocycles. The first-order chi connectivity index (χ1) is 17.5. The Morgan fingerprint density at radius 3 is 1.95 bits per heavy atom. The van der Waals surface area contributed by atoms with Crippen molar-refractivity contribution < 1.29 is 44.6 Å². The van der Waals surface area contributed by atoms with Crippen molar-refractivity contribution in [3.05, 3.63) is 94.6 Å². The van der Waals surface area contributed by atoms with Gasteiger partial charge in [-0.3, -0.25) is 0 Å². The van der Waals surface area contributed by atoms with Crippen LogP contribution in [0.3, 0.4) is 0 Å². The summed E-state index contributed by atoms with van der Waals surface area (Å²) in [6.07, 6.45) is -8.32. The van der Waals surface area contributed by atoms with Gasteiger partial charge >= 0.3 is 6.11 Å². The molecular formula is C27H20F8O2. The highest BCUT2D eigenvalue weighted by Crippen LogP contribution is 2.53. The van der Waals surface area contributed by atoms with E-state index in [-0.39, 0.29) is 41.9 Å². The lowest BCUT2D eigenvalue weighted by Crippen LogP contribution is -2.25. The van der Waals surface area contributed by atoms with Gasteiger partial charge in [0.1, 0.15) is 5.56 Å². The van der Waals surface area contributed by atoms with Crippen LogP contribution in [0.5, 0.6) is 11.5 Å². The van der Waals surface area contributed by atoms with Gasteiger partial charge in [0.25, 0.3) is 0 Å². The van der Waals surface area contributed by atoms with Gasteiger partial charge in [-0.1, -0.05) is 24.3 Å². The highest BCUT2D eigenvalue weighted by Gasteiger charge is 2.43. The van der Waals surface area contributed by atoms with Gasteiger partial charge < -0.3 is 9.47 Å². The Labute approximate surface area is 207 Å². The minimum Gasteiger partial charge on any atom is -0.491 e. The SMILES string of the molecule is C=CCCc1ccc(C(F)(F)Oc2ccc3c(c2F)C(F)C(F)c2c-3ccc(OCC)c2F)c(F)c1F. The zero-order chi connectivity index (χ0) is 27.1. The molecule has 2 nitrogen and oxygen atoms in total. The number of rotatable bonds is 8. The van der Waals surface area contributed by atoms with Crippen LogP contribution < -0.4 is 9.47 Å². The van der Waals surface area contributed by atoms with Crippen molar-refractivity contribution in [2.24, 2.45) is 0 Å². The number of halogens is 8. The molecule has 196 valence electrons. The van der Waals surface area contributed by atoms with Crippen molar-refractivity contribution >= 4 is 0 Å². The lowest BCUT2D eigenvalue weighted by atomic mass is 9.82. The summed E-state index contributed by atoms with van der Waals surface area (Å²) >= 11 is 0. The van der Waals surface area contributed by atoms with Gasteiger partial charge in [0.2, 0.25) is 0 Å². The lowest BCUT2D eigenvalue weighted by molar-refractivity contribution is -0.189. The maximum Gasteiger partial charge on any atom is 0.429 e. The summed E-state index contributed by atoms with van der Waals surface area (Å²) < 4.78 is 128. The smallest absolute Gasteiger partial charge is 0.429 e. The molecule has 0 radical (unpaired) electrons. The molecule has 2 unspecified atom stereocenters. The number of fused-ring (bicyclic) bond motifs is 3. The van der Waals surface area contributed by atoms with Gasteiger partial charge in [0.15, 0.2) is 47.1 Å². The fourth-order valence-corrected chi connectivity index (χ4v) is 4.25. The zero-order valence-corrected chi connectivity index (χ0v) is 19.4. The average molecular weight is 528 g/mol. The average Bonchev–Trinajstić information content (AvgIpc) is 2.85. The molecule has 1 aliphatic rings. The van der Waals surface area contributed by atoms with Crippen molar-refractivity contribution in [1.29, 1.82) is 0 Å². The molecule has 0 saturated carbocycles. The van der Waals surface area contributed by atoms with Crippen molar-refractivity contribution in [1.82, 2.24) is 0 Å². The summed E-state index contributed by atoms with van der Waals surface area (Å²) in [4.78, 5) is 0. The second-order valence-corrected chi connectivity index (χ2v) is 8.26. The molecule has 0 aromatic heterocycles. The lowest BCUT2D eigenvalue weighted by Gasteiger charge is -2.29. The number of allylic oxidation sites excluding steroid dienone is 1. The van der Waals surface area contributed by atoms with Crippen LogP contribution in [0.2, 0.25) is 0 Å². The summed E-state index contributed by atoms with van der Waals surface area (Å²) in [5.74, 6) is -7.83. The first-order valence-corrected chi connectivity index (χ1v) is 11.2. The molecule has 10 heteroatoms. The first-order valence-electron chi connectivity index (χ1n) is 11.2. The number of hydrogen-bond acceptors (Lipinski definition) is 2. The third kappa shape index (κ3) is 4.53. The third-order valence-electron chi connectivity index (χ3n) is 6.02. The molecular weight excluding hydrogens is 508 g/mol. The molecule has 0 bridgehead atoms. The summed E-state index contributed by atoms with van der Waals surface area (Å²) in [5.41, 5.74) is -3.83. The van der Waals surface area contributed by atoms with E-state index in [0.717, 1.165) is 18.2 Å². The van der Waals surface area contributed by atoms with E-state index in [4.69, 9.17) is 4.74 Å². The van der Waals surface area contributed by atoms with E-state index >= 15 is 8.78 Å². The molecule has 3 aromatic carbocycles. The van der Waals surface area contributed by atoms with Crippen LogP contribution in [0.25, 0.3) is 11.1 Å². The van der Waals surface area contributed by atoms with E-state index in [1.54, 1.807) is 6.92 Å². The first kappa shape index (κ1) is 26.5. The zero-order valence-electron chi connectivity index (χ0n) is 19.4. The molecule has 2 atom stereocenters. The number of alkyl halides is 4. The second kappa shape index (κ2) is 10.1. The Hall–Kier alpha value is -3.56. The molecule has 37 heavy (non-hydrogen) atoms. The minimum atomic E-state index is -4.58. The minimum absolute atomic E-state index is 0.00876. The van der Waals surface area contributed by atoms with E-state index in [1.165, 1.54) is 12.1 Å². The molecule has 0 aliphatic heterocycles. The van der Waals surface area contributed by atoms with Crippen molar-refractivity contribution in [2.75, 3.05) is 6.61 Å². The van der Waals surface area contributed by atoms with Gasteiger partial charge in [0, 0.05) is 11.1 Å². The Balaban J connectivity index is 1.74. The van der Waals surface area contributed by atoms with Gasteiger partial charge in [-0.25, -0.2) is 26.3 Å². The highest BCUT2D eigenvalue weighted by atomic mass is 19.3. The highest BCUT2D eigenvalue weighted by molar-refractivity contribution is 5.76. The maximum atomic E-state index is 15.2. The van der Waals surface area contributed by atoms with E-state index in [2.05, 4.69) is 11.3 Å². The van der Waals surface area contributed by atoms with Crippen LogP contribution in [-0.4, -0.2) is 6.61 Å². The molecule has 3 aromatic rings. The summed E-state index contributed by atoms with van der Waals surface area (Å²) in [7, 11) is 0. The largest absolute Gasteiger partial charge is 0.491 e. The van der Waals surface area contributed by atoms with Crippen molar-refractivity contribution in [3.63, 3.8) is 0 Å². The molecule has 4 rings (SSSR count). The predicted octanol–water partition coefficient (Wildman–Crippen LogP) is 8.59. The van der Waals surface area contributed by atoms with E-state index in [1.807, 2.05) is 0 Å². The van der Waals surface area contributed by atoms with Gasteiger partial charge in [-0.15, -0.1) is 6.58 Å². The Morgan fingerprint density at radius 1 is 0.811 bits per heavy atom. The maximum absolute atomic E-state index is 15.2. The summed E-state index contributed by atoms with van der Waals surface area (Å²) in [6.45, 7) is 5.05. The van der Waals surface area contributed by atoms with Crippen molar-refractivity contribution in [2.45, 2.75) is 38.2 Å². The summed E-state index contributed by atoms with van der Waals surface area (Å²) in [5, 5.41) is 0. The Bertz CT molecular complexity index is 1350. The number of hydrogen-bond donors (Lipinski definition) is 0. The molecule has 0 N–H and O–H groups in total. The van der Waals surface area contributed by atoms with Crippen LogP contribution in [-0.2, 0) is 12.5 Å². The standard InChI is InChI=1S/C27H20F8O2/c1-3-5-6-13-7-10-16(22(29)21(13)28)27(34,35)37-18-12-9-15-14-8-11-17(36-4-2)23(30)19(14)25(32)26(33)20(15)24(18)31/h3,7-12,25-26H,1,4-6H2,2H3. The fraction of sp³-hybridized carbons (Fsp3) is 0.259. The number of ether oxygens (including phenoxy) is 2. The number of benzene rings is 3. The van der Waals surface area contributed by atoms with E-state index < -0.39 is 64.2 Å². The predicted molar refractivity (Wildman–Crippen MR) is 120 cm³/mol. The molecule has 1 aliphatic carbocycles. The van der Waals surface area contributed by atoms with Crippen LogP contribution in [0.4, 0.5) is 35.1 Å². The quantitative estimate of drug-likeness (QED) is 0.215. The second-order valence-electron chi connectivity index (χ2n) is 8.26. The van der Waals surface area contributed by atoms with Gasteiger partial charge in [-0.2, -0.15) is 8.78 Å². The Kier molecular flexibility index (Phi) is 7.21. The Morgan fingerprint density at radius 2 is 1.38 bits per heavy atom. The van der Waals surface area contributed by atoms with Crippen LogP contribution in [0.1, 0.15) is 47.9 Å². The summed E-state index contributed by atoms with van der Waals surface area (Å²) in [6, 6.07) is 5.53. The van der Waals surface area contributed by atoms with Crippen LogP contribution in [0, 0.1) is 23.3 Å². The molecule has 0 spiro atoms. The normalized spacial score (nSPS) is 16.7. The number of aryl methyl sites for hydroxylation is 1. The third-order valence-corrected chi connectivity index (χ3v) is 6.02. The van der Waals surface area contributed by atoms with Crippen LogP contribution in [0.15, 0.2) is 49.1 Å². The van der Waals surface area contributed by atoms with E-state index in [9.17, 15) is 26.3 Å². The van der Waals surface area contributed by atoms with E-state index in [0.29, 0.717) is 12.1 Å². The van der Waals surface area contributed by atoms with Gasteiger partial charge in [-0.05, 0) is 54.7 Å². The molecule has 0 saturated heterocycles. The van der Waals surface area contributed by atoms with Gasteiger partial charge in [0.05, 0.1) is 6.61 Å². The topological polar surface area (TPSA) is 18.5 Å².